The monoisotopic (exact) mass is 311 g/mol. The van der Waals surface area contributed by atoms with Crippen LogP contribution in [0.1, 0.15) is 30.9 Å². The summed E-state index contributed by atoms with van der Waals surface area (Å²) in [7, 11) is 0. The highest BCUT2D eigenvalue weighted by molar-refractivity contribution is 5.73. The first kappa shape index (κ1) is 16.1. The average Bonchev–Trinajstić information content (AvgIpc) is 2.45. The number of nitriles is 1. The topological polar surface area (TPSA) is 56.1 Å². The van der Waals surface area contributed by atoms with E-state index in [0.29, 0.717) is 18.8 Å². The van der Waals surface area contributed by atoms with Gasteiger partial charge in [-0.05, 0) is 31.0 Å². The molecule has 1 unspecified atom stereocenters. The van der Waals surface area contributed by atoms with Gasteiger partial charge in [-0.1, -0.05) is 0 Å². The molecule has 1 atom stereocenters. The zero-order valence-corrected chi connectivity index (χ0v) is 12.1. The summed E-state index contributed by atoms with van der Waals surface area (Å²) in [5, 5.41) is 11.6. The SMILES string of the molecule is CC(=O)NC1CCCN(c2ccc(C#N)c(C(F)(F)F)c2)C1. The molecule has 0 aromatic heterocycles. The highest BCUT2D eigenvalue weighted by atomic mass is 19.4. The van der Waals surface area contributed by atoms with Crippen LogP contribution < -0.4 is 10.2 Å². The molecule has 4 nitrogen and oxygen atoms in total. The number of carbonyl (C=O) groups is 1. The van der Waals surface area contributed by atoms with Gasteiger partial charge in [0.1, 0.15) is 0 Å². The van der Waals surface area contributed by atoms with Gasteiger partial charge in [0, 0.05) is 31.7 Å². The van der Waals surface area contributed by atoms with Crippen LogP contribution in [0, 0.1) is 11.3 Å². The molecule has 0 saturated carbocycles. The molecule has 0 spiro atoms. The van der Waals surface area contributed by atoms with Crippen LogP contribution in [0.4, 0.5) is 18.9 Å². The maximum Gasteiger partial charge on any atom is 0.417 e. The lowest BCUT2D eigenvalue weighted by molar-refractivity contribution is -0.137. The van der Waals surface area contributed by atoms with Crippen molar-refractivity contribution in [2.24, 2.45) is 0 Å². The second kappa shape index (κ2) is 6.26. The van der Waals surface area contributed by atoms with Crippen LogP contribution in [0.2, 0.25) is 0 Å². The molecule has 1 heterocycles. The van der Waals surface area contributed by atoms with Crippen molar-refractivity contribution < 1.29 is 18.0 Å². The molecular formula is C15H16F3N3O. The Hall–Kier alpha value is -2.23. The summed E-state index contributed by atoms with van der Waals surface area (Å²) in [4.78, 5) is 12.9. The van der Waals surface area contributed by atoms with E-state index in [0.717, 1.165) is 18.9 Å². The predicted molar refractivity (Wildman–Crippen MR) is 75.2 cm³/mol. The molecule has 1 amide bonds. The van der Waals surface area contributed by atoms with Gasteiger partial charge < -0.3 is 10.2 Å². The van der Waals surface area contributed by atoms with Crippen molar-refractivity contribution >= 4 is 11.6 Å². The molecule has 1 saturated heterocycles. The van der Waals surface area contributed by atoms with Crippen LogP contribution in [-0.4, -0.2) is 25.0 Å². The second-order valence-corrected chi connectivity index (χ2v) is 5.33. The van der Waals surface area contributed by atoms with E-state index in [1.54, 1.807) is 11.0 Å². The quantitative estimate of drug-likeness (QED) is 0.913. The maximum absolute atomic E-state index is 13.0. The number of nitrogens with zero attached hydrogens (tertiary/aromatic N) is 2. The van der Waals surface area contributed by atoms with E-state index in [9.17, 15) is 18.0 Å². The smallest absolute Gasteiger partial charge is 0.369 e. The van der Waals surface area contributed by atoms with Gasteiger partial charge >= 0.3 is 6.18 Å². The molecule has 7 heteroatoms. The van der Waals surface area contributed by atoms with E-state index < -0.39 is 11.7 Å². The van der Waals surface area contributed by atoms with Crippen LogP contribution in [0.3, 0.4) is 0 Å². The third-order valence-corrected chi connectivity index (χ3v) is 3.62. The third kappa shape index (κ3) is 3.70. The molecule has 2 rings (SSSR count). The van der Waals surface area contributed by atoms with E-state index in [1.807, 2.05) is 0 Å². The zero-order valence-electron chi connectivity index (χ0n) is 12.1. The number of anilines is 1. The predicted octanol–water partition coefficient (Wildman–Crippen LogP) is 2.68. The Morgan fingerprint density at radius 1 is 1.45 bits per heavy atom. The zero-order chi connectivity index (χ0) is 16.3. The summed E-state index contributed by atoms with van der Waals surface area (Å²) in [6, 6.07) is 5.22. The van der Waals surface area contributed by atoms with Crippen LogP contribution >= 0.6 is 0 Å². The largest absolute Gasteiger partial charge is 0.417 e. The Kier molecular flexibility index (Phi) is 4.59. The van der Waals surface area contributed by atoms with Crippen LogP contribution in [0.25, 0.3) is 0 Å². The van der Waals surface area contributed by atoms with Gasteiger partial charge in [0.25, 0.3) is 0 Å². The molecule has 22 heavy (non-hydrogen) atoms. The lowest BCUT2D eigenvalue weighted by Gasteiger charge is -2.35. The number of amides is 1. The van der Waals surface area contributed by atoms with Crippen molar-refractivity contribution in [1.82, 2.24) is 5.32 Å². The van der Waals surface area contributed by atoms with Crippen molar-refractivity contribution in [2.45, 2.75) is 32.0 Å². The molecule has 0 bridgehead atoms. The summed E-state index contributed by atoms with van der Waals surface area (Å²) >= 11 is 0. The van der Waals surface area contributed by atoms with E-state index >= 15 is 0 Å². The third-order valence-electron chi connectivity index (χ3n) is 3.62. The fraction of sp³-hybridized carbons (Fsp3) is 0.467. The fourth-order valence-corrected chi connectivity index (χ4v) is 2.68. The molecule has 1 aliphatic rings. The molecule has 0 aliphatic carbocycles. The van der Waals surface area contributed by atoms with E-state index in [4.69, 9.17) is 5.26 Å². The minimum atomic E-state index is -4.56. The average molecular weight is 311 g/mol. The summed E-state index contributed by atoms with van der Waals surface area (Å²) in [5.74, 6) is -0.150. The Morgan fingerprint density at radius 2 is 2.18 bits per heavy atom. The number of hydrogen-bond acceptors (Lipinski definition) is 3. The Balaban J connectivity index is 2.25. The molecule has 0 radical (unpaired) electrons. The van der Waals surface area contributed by atoms with E-state index in [2.05, 4.69) is 5.32 Å². The lowest BCUT2D eigenvalue weighted by Crippen LogP contribution is -2.47. The highest BCUT2D eigenvalue weighted by Gasteiger charge is 2.34. The van der Waals surface area contributed by atoms with Crippen molar-refractivity contribution in [3.8, 4) is 6.07 Å². The standard InChI is InChI=1S/C15H16F3N3O/c1-10(22)20-12-3-2-6-21(9-12)13-5-4-11(8-19)14(7-13)15(16,17)18/h4-5,7,12H,2-3,6,9H2,1H3,(H,20,22). The number of carbonyl (C=O) groups excluding carboxylic acids is 1. The Labute approximate surface area is 126 Å². The van der Waals surface area contributed by atoms with Crippen molar-refractivity contribution in [2.75, 3.05) is 18.0 Å². The molecule has 1 N–H and O–H groups in total. The van der Waals surface area contributed by atoms with E-state index in [-0.39, 0.29) is 17.5 Å². The first-order chi connectivity index (χ1) is 10.3. The van der Waals surface area contributed by atoms with E-state index in [1.165, 1.54) is 19.1 Å². The van der Waals surface area contributed by atoms with Crippen LogP contribution in [-0.2, 0) is 11.0 Å². The normalized spacial score (nSPS) is 18.7. The Morgan fingerprint density at radius 3 is 2.77 bits per heavy atom. The van der Waals surface area contributed by atoms with Gasteiger partial charge in [-0.15, -0.1) is 0 Å². The van der Waals surface area contributed by atoms with Gasteiger partial charge in [0.15, 0.2) is 0 Å². The molecule has 1 aromatic carbocycles. The molecule has 1 aromatic rings. The minimum absolute atomic E-state index is 0.0729. The first-order valence-electron chi connectivity index (χ1n) is 6.94. The summed E-state index contributed by atoms with van der Waals surface area (Å²) < 4.78 is 39.0. The van der Waals surface area contributed by atoms with Gasteiger partial charge in [-0.2, -0.15) is 18.4 Å². The summed E-state index contributed by atoms with van der Waals surface area (Å²) in [5.41, 5.74) is -0.887. The number of halogens is 3. The van der Waals surface area contributed by atoms with Crippen molar-refractivity contribution in [3.05, 3.63) is 29.3 Å². The molecule has 118 valence electrons. The van der Waals surface area contributed by atoms with Crippen molar-refractivity contribution in [1.29, 1.82) is 5.26 Å². The number of hydrogen-bond donors (Lipinski definition) is 1. The van der Waals surface area contributed by atoms with Gasteiger partial charge in [-0.25, -0.2) is 0 Å². The molecular weight excluding hydrogens is 295 g/mol. The maximum atomic E-state index is 13.0. The number of rotatable bonds is 2. The summed E-state index contributed by atoms with van der Waals surface area (Å²) in [6.07, 6.45) is -2.97. The minimum Gasteiger partial charge on any atom is -0.369 e. The first-order valence-corrected chi connectivity index (χ1v) is 6.94. The van der Waals surface area contributed by atoms with Crippen molar-refractivity contribution in [3.63, 3.8) is 0 Å². The fourth-order valence-electron chi connectivity index (χ4n) is 2.68. The number of alkyl halides is 3. The van der Waals surface area contributed by atoms with Gasteiger partial charge in [-0.3, -0.25) is 4.79 Å². The molecule has 1 fully saturated rings. The van der Waals surface area contributed by atoms with Crippen LogP contribution in [0.5, 0.6) is 0 Å². The van der Waals surface area contributed by atoms with Crippen LogP contribution in [0.15, 0.2) is 18.2 Å². The Bertz CT molecular complexity index is 607. The number of benzene rings is 1. The lowest BCUT2D eigenvalue weighted by atomic mass is 10.0. The second-order valence-electron chi connectivity index (χ2n) is 5.33. The molecule has 1 aliphatic heterocycles. The highest BCUT2D eigenvalue weighted by Crippen LogP contribution is 2.35. The number of piperidine rings is 1. The summed E-state index contributed by atoms with van der Waals surface area (Å²) in [6.45, 7) is 2.50. The van der Waals surface area contributed by atoms with Gasteiger partial charge in [0.05, 0.1) is 17.2 Å². The van der Waals surface area contributed by atoms with Gasteiger partial charge in [0.2, 0.25) is 5.91 Å². The number of nitrogens with one attached hydrogen (secondary N) is 1.